The molecule has 1 atom stereocenters. The average molecular weight is 372 g/mol. The highest BCUT2D eigenvalue weighted by Crippen LogP contribution is 2.35. The summed E-state index contributed by atoms with van der Waals surface area (Å²) in [7, 11) is -3.13. The number of hydrogen-bond donors (Lipinski definition) is 0. The number of nitrogens with zero attached hydrogens (tertiary/aromatic N) is 3. The van der Waals surface area contributed by atoms with Gasteiger partial charge >= 0.3 is 0 Å². The van der Waals surface area contributed by atoms with Crippen molar-refractivity contribution < 1.29 is 13.2 Å². The molecule has 0 spiro atoms. The Balaban J connectivity index is 1.60. The van der Waals surface area contributed by atoms with Crippen molar-refractivity contribution in [2.45, 2.75) is 25.8 Å². The fourth-order valence-electron chi connectivity index (χ4n) is 3.64. The summed E-state index contributed by atoms with van der Waals surface area (Å²) in [5.74, 6) is 0.159. The molecule has 1 aromatic heterocycles. The van der Waals surface area contributed by atoms with Crippen molar-refractivity contribution in [3.8, 4) is 0 Å². The number of piperazine rings is 1. The Hall–Kier alpha value is -0.960. The van der Waals surface area contributed by atoms with Gasteiger partial charge in [0.1, 0.15) is 0 Å². The Morgan fingerprint density at radius 1 is 1.25 bits per heavy atom. The molecule has 3 heterocycles. The van der Waals surface area contributed by atoms with Crippen LogP contribution in [-0.2, 0) is 21.2 Å². The van der Waals surface area contributed by atoms with Crippen LogP contribution in [0.3, 0.4) is 0 Å². The summed E-state index contributed by atoms with van der Waals surface area (Å²) in [4.78, 5) is 18.3. The van der Waals surface area contributed by atoms with Gasteiger partial charge in [0.15, 0.2) is 0 Å². The zero-order chi connectivity index (χ0) is 17.3. The highest BCUT2D eigenvalue weighted by atomic mass is 32.2. The zero-order valence-corrected chi connectivity index (χ0v) is 15.9. The summed E-state index contributed by atoms with van der Waals surface area (Å²) in [6.07, 6.45) is 3.11. The molecule has 0 N–H and O–H groups in total. The first-order chi connectivity index (χ1) is 11.4. The summed E-state index contributed by atoms with van der Waals surface area (Å²) in [5, 5.41) is 2.12. The van der Waals surface area contributed by atoms with Gasteiger partial charge in [-0.1, -0.05) is 6.92 Å². The van der Waals surface area contributed by atoms with Crippen LogP contribution in [0.15, 0.2) is 11.4 Å². The number of carbonyl (C=O) groups excluding carboxylic acids is 1. The van der Waals surface area contributed by atoms with Crippen molar-refractivity contribution >= 4 is 27.3 Å². The van der Waals surface area contributed by atoms with Crippen LogP contribution in [0.1, 0.15) is 29.8 Å². The van der Waals surface area contributed by atoms with Gasteiger partial charge in [-0.05, 0) is 29.9 Å². The van der Waals surface area contributed by atoms with Crippen LogP contribution in [-0.4, -0.2) is 74.0 Å². The lowest BCUT2D eigenvalue weighted by atomic mass is 9.97. The molecular formula is C16H25N3O3S2. The lowest BCUT2D eigenvalue weighted by molar-refractivity contribution is -0.135. The van der Waals surface area contributed by atoms with Crippen LogP contribution >= 0.6 is 11.3 Å². The first-order valence-corrected chi connectivity index (χ1v) is 11.2. The fourth-order valence-corrected chi connectivity index (χ4v) is 5.39. The predicted molar refractivity (Wildman–Crippen MR) is 95.6 cm³/mol. The summed E-state index contributed by atoms with van der Waals surface area (Å²) >= 11 is 1.79. The van der Waals surface area contributed by atoms with Gasteiger partial charge in [0.25, 0.3) is 0 Å². The maximum Gasteiger partial charge on any atom is 0.237 e. The molecule has 0 aromatic carbocycles. The van der Waals surface area contributed by atoms with Crippen LogP contribution < -0.4 is 0 Å². The molecule has 1 aromatic rings. The Morgan fingerprint density at radius 2 is 1.96 bits per heavy atom. The van der Waals surface area contributed by atoms with Gasteiger partial charge in [-0.25, -0.2) is 8.42 Å². The number of fused-ring (bicyclic) bond motifs is 1. The predicted octanol–water partition coefficient (Wildman–Crippen LogP) is 1.16. The van der Waals surface area contributed by atoms with E-state index < -0.39 is 10.0 Å². The van der Waals surface area contributed by atoms with E-state index in [9.17, 15) is 13.2 Å². The summed E-state index contributed by atoms with van der Waals surface area (Å²) in [5.41, 5.74) is 1.31. The zero-order valence-electron chi connectivity index (χ0n) is 14.3. The smallest absolute Gasteiger partial charge is 0.237 e. The van der Waals surface area contributed by atoms with Crippen LogP contribution in [0, 0.1) is 0 Å². The van der Waals surface area contributed by atoms with E-state index in [0.29, 0.717) is 32.7 Å². The molecule has 1 fully saturated rings. The van der Waals surface area contributed by atoms with Crippen LogP contribution in [0.25, 0.3) is 0 Å². The molecule has 24 heavy (non-hydrogen) atoms. The third-order valence-electron chi connectivity index (χ3n) is 4.96. The van der Waals surface area contributed by atoms with Gasteiger partial charge in [0.2, 0.25) is 15.9 Å². The number of amides is 1. The van der Waals surface area contributed by atoms with Crippen molar-refractivity contribution in [2.24, 2.45) is 0 Å². The van der Waals surface area contributed by atoms with Gasteiger partial charge in [-0.15, -0.1) is 11.3 Å². The van der Waals surface area contributed by atoms with Crippen LogP contribution in [0.2, 0.25) is 0 Å². The molecule has 0 radical (unpaired) electrons. The van der Waals surface area contributed by atoms with Gasteiger partial charge in [0, 0.05) is 37.6 Å². The van der Waals surface area contributed by atoms with Gasteiger partial charge in [-0.3, -0.25) is 9.69 Å². The summed E-state index contributed by atoms with van der Waals surface area (Å²) in [6, 6.07) is 2.34. The maximum atomic E-state index is 12.8. The molecule has 2 aliphatic heterocycles. The Morgan fingerprint density at radius 3 is 2.58 bits per heavy atom. The van der Waals surface area contributed by atoms with Crippen LogP contribution in [0.5, 0.6) is 0 Å². The van der Waals surface area contributed by atoms with Crippen molar-refractivity contribution in [3.63, 3.8) is 0 Å². The van der Waals surface area contributed by atoms with Crippen LogP contribution in [0.4, 0.5) is 0 Å². The topological polar surface area (TPSA) is 60.9 Å². The minimum absolute atomic E-state index is 0.159. The molecule has 0 saturated carbocycles. The van der Waals surface area contributed by atoms with Gasteiger partial charge in [0.05, 0.1) is 18.8 Å². The van der Waals surface area contributed by atoms with Crippen molar-refractivity contribution in [3.05, 3.63) is 21.9 Å². The SMILES string of the molecule is CCC1c2ccsc2CCN1C(=O)CN1CCN(S(C)(=O)=O)CC1. The average Bonchev–Trinajstić information content (AvgIpc) is 3.02. The molecule has 0 bridgehead atoms. The number of sulfonamides is 1. The molecule has 6 nitrogen and oxygen atoms in total. The van der Waals surface area contributed by atoms with E-state index in [1.165, 1.54) is 21.0 Å². The number of rotatable bonds is 4. The van der Waals surface area contributed by atoms with Crippen molar-refractivity contribution in [1.82, 2.24) is 14.1 Å². The van der Waals surface area contributed by atoms with Gasteiger partial charge < -0.3 is 4.90 Å². The monoisotopic (exact) mass is 371 g/mol. The highest BCUT2D eigenvalue weighted by molar-refractivity contribution is 7.88. The molecule has 134 valence electrons. The first kappa shape index (κ1) is 17.8. The Labute approximate surface area is 148 Å². The minimum Gasteiger partial charge on any atom is -0.334 e. The summed E-state index contributed by atoms with van der Waals surface area (Å²) in [6.45, 7) is 5.47. The lowest BCUT2D eigenvalue weighted by Gasteiger charge is -2.38. The first-order valence-electron chi connectivity index (χ1n) is 8.43. The van der Waals surface area contributed by atoms with E-state index >= 15 is 0 Å². The number of hydrogen-bond acceptors (Lipinski definition) is 5. The van der Waals surface area contributed by atoms with Gasteiger partial charge in [-0.2, -0.15) is 4.31 Å². The van der Waals surface area contributed by atoms with E-state index in [4.69, 9.17) is 0 Å². The largest absolute Gasteiger partial charge is 0.334 e. The number of carbonyl (C=O) groups is 1. The van der Waals surface area contributed by atoms with Crippen molar-refractivity contribution in [1.29, 1.82) is 0 Å². The van der Waals surface area contributed by atoms with E-state index in [0.717, 1.165) is 19.4 Å². The second-order valence-electron chi connectivity index (χ2n) is 6.50. The highest BCUT2D eigenvalue weighted by Gasteiger charge is 2.32. The second kappa shape index (κ2) is 7.11. The molecule has 1 amide bonds. The fraction of sp³-hybridized carbons (Fsp3) is 0.688. The van der Waals surface area contributed by atoms with E-state index in [-0.39, 0.29) is 11.9 Å². The number of thiophene rings is 1. The minimum atomic E-state index is -3.13. The third-order valence-corrected chi connectivity index (χ3v) is 7.26. The normalized spacial score (nSPS) is 23.2. The summed E-state index contributed by atoms with van der Waals surface area (Å²) < 4.78 is 24.6. The molecule has 3 rings (SSSR count). The standard InChI is InChI=1S/C16H25N3O3S2/c1-3-14-13-5-11-23-15(13)4-6-19(14)16(20)12-17-7-9-18(10-8-17)24(2,21)22/h5,11,14H,3-4,6-10,12H2,1-2H3. The third kappa shape index (κ3) is 3.66. The quantitative estimate of drug-likeness (QED) is 0.797. The maximum absolute atomic E-state index is 12.8. The van der Waals surface area contributed by atoms with E-state index in [1.807, 2.05) is 4.90 Å². The van der Waals surface area contributed by atoms with Crippen molar-refractivity contribution in [2.75, 3.05) is 45.5 Å². The molecule has 8 heteroatoms. The molecule has 1 saturated heterocycles. The second-order valence-corrected chi connectivity index (χ2v) is 9.48. The Kier molecular flexibility index (Phi) is 5.29. The Bertz CT molecular complexity index is 693. The van der Waals surface area contributed by atoms with E-state index in [2.05, 4.69) is 23.3 Å². The molecular weight excluding hydrogens is 346 g/mol. The van der Waals surface area contributed by atoms with E-state index in [1.54, 1.807) is 11.3 Å². The lowest BCUT2D eigenvalue weighted by Crippen LogP contribution is -2.52. The molecule has 2 aliphatic rings. The molecule has 0 aliphatic carbocycles. The molecule has 1 unspecified atom stereocenters.